The molecule has 5 heteroatoms. The number of aromatic nitrogens is 2. The van der Waals surface area contributed by atoms with Gasteiger partial charge < -0.3 is 9.88 Å². The van der Waals surface area contributed by atoms with E-state index in [1.54, 1.807) is 30.2 Å². The molecule has 1 N–H and O–H groups in total. The Hall–Kier alpha value is -2.01. The zero-order valence-electron chi connectivity index (χ0n) is 11.9. The van der Waals surface area contributed by atoms with Crippen molar-refractivity contribution in [1.82, 2.24) is 9.97 Å². The van der Waals surface area contributed by atoms with E-state index in [9.17, 15) is 4.79 Å². The quantitative estimate of drug-likeness (QED) is 0.673. The molecule has 0 saturated heterocycles. The summed E-state index contributed by atoms with van der Waals surface area (Å²) in [6.45, 7) is 3.10. The van der Waals surface area contributed by atoms with Crippen molar-refractivity contribution in [3.05, 3.63) is 53.6 Å². The number of imidazole rings is 1. The first-order valence-electron chi connectivity index (χ1n) is 7.09. The largest absolute Gasteiger partial charge is 0.342 e. The lowest BCUT2D eigenvalue weighted by Gasteiger charge is -2.19. The van der Waals surface area contributed by atoms with Gasteiger partial charge >= 0.3 is 0 Å². The third kappa shape index (κ3) is 2.88. The molecule has 1 aromatic heterocycles. The van der Waals surface area contributed by atoms with E-state index in [0.717, 1.165) is 24.4 Å². The summed E-state index contributed by atoms with van der Waals surface area (Å²) >= 11 is 1.64. The van der Waals surface area contributed by atoms with Crippen LogP contribution >= 0.6 is 11.8 Å². The SMILES string of the molecule is CCCCN1/C(=C/C(=O)c2ncc[nH]2)Sc2ccccc21. The molecule has 0 amide bonds. The van der Waals surface area contributed by atoms with E-state index in [-0.39, 0.29) is 5.78 Å². The van der Waals surface area contributed by atoms with E-state index in [2.05, 4.69) is 33.9 Å². The molecule has 1 aliphatic rings. The second kappa shape index (κ2) is 6.18. The minimum atomic E-state index is -0.0863. The number of benzene rings is 1. The minimum Gasteiger partial charge on any atom is -0.342 e. The van der Waals surface area contributed by atoms with Crippen molar-refractivity contribution >= 4 is 23.2 Å². The first kappa shape index (κ1) is 13.9. The number of anilines is 1. The zero-order chi connectivity index (χ0) is 14.7. The number of ketones is 1. The summed E-state index contributed by atoms with van der Waals surface area (Å²) in [5.74, 6) is 0.298. The topological polar surface area (TPSA) is 49.0 Å². The van der Waals surface area contributed by atoms with Gasteiger partial charge in [0.2, 0.25) is 5.78 Å². The van der Waals surface area contributed by atoms with Crippen LogP contribution in [0.5, 0.6) is 0 Å². The number of carbonyl (C=O) groups is 1. The lowest BCUT2D eigenvalue weighted by Crippen LogP contribution is -2.19. The molecule has 0 bridgehead atoms. The Morgan fingerprint density at radius 2 is 2.29 bits per heavy atom. The Labute approximate surface area is 128 Å². The molecule has 0 saturated carbocycles. The summed E-state index contributed by atoms with van der Waals surface area (Å²) in [5.41, 5.74) is 1.19. The van der Waals surface area contributed by atoms with Crippen molar-refractivity contribution in [2.75, 3.05) is 11.4 Å². The summed E-state index contributed by atoms with van der Waals surface area (Å²) in [7, 11) is 0. The fourth-order valence-electron chi connectivity index (χ4n) is 2.29. The fourth-order valence-corrected chi connectivity index (χ4v) is 3.41. The van der Waals surface area contributed by atoms with Crippen molar-refractivity contribution < 1.29 is 4.79 Å². The van der Waals surface area contributed by atoms with Crippen LogP contribution in [0.2, 0.25) is 0 Å². The Morgan fingerprint density at radius 1 is 1.43 bits per heavy atom. The highest BCUT2D eigenvalue weighted by Crippen LogP contribution is 2.45. The van der Waals surface area contributed by atoms with Gasteiger partial charge in [-0.05, 0) is 18.6 Å². The number of nitrogens with zero attached hydrogens (tertiary/aromatic N) is 2. The van der Waals surface area contributed by atoms with Crippen molar-refractivity contribution in [3.63, 3.8) is 0 Å². The van der Waals surface area contributed by atoms with Gasteiger partial charge in [0.1, 0.15) is 0 Å². The molecule has 0 fully saturated rings. The Kier molecular flexibility index (Phi) is 4.10. The van der Waals surface area contributed by atoms with Crippen molar-refractivity contribution in [2.24, 2.45) is 0 Å². The number of H-pyrrole nitrogens is 1. The zero-order valence-corrected chi connectivity index (χ0v) is 12.7. The molecule has 0 spiro atoms. The highest BCUT2D eigenvalue weighted by molar-refractivity contribution is 8.03. The number of hydrogen-bond acceptors (Lipinski definition) is 4. The number of rotatable bonds is 5. The Balaban J connectivity index is 1.89. The van der Waals surface area contributed by atoms with Gasteiger partial charge in [-0.15, -0.1) is 0 Å². The van der Waals surface area contributed by atoms with Crippen LogP contribution in [0.25, 0.3) is 0 Å². The highest BCUT2D eigenvalue weighted by atomic mass is 32.2. The van der Waals surface area contributed by atoms with Gasteiger partial charge in [0.25, 0.3) is 0 Å². The fraction of sp³-hybridized carbons (Fsp3) is 0.250. The molecule has 4 nitrogen and oxygen atoms in total. The standard InChI is InChI=1S/C16H17N3OS/c1-2-3-10-19-12-6-4-5-7-14(12)21-15(19)11-13(20)16-17-8-9-18-16/h4-9,11H,2-3,10H2,1H3,(H,17,18)/b15-11-. The van der Waals surface area contributed by atoms with Gasteiger partial charge in [0.15, 0.2) is 5.82 Å². The van der Waals surface area contributed by atoms with Gasteiger partial charge in [0, 0.05) is 29.9 Å². The lowest BCUT2D eigenvalue weighted by atomic mass is 10.2. The molecule has 1 aromatic carbocycles. The van der Waals surface area contributed by atoms with Crippen LogP contribution in [0.4, 0.5) is 5.69 Å². The Morgan fingerprint density at radius 3 is 3.05 bits per heavy atom. The van der Waals surface area contributed by atoms with E-state index in [1.165, 1.54) is 10.6 Å². The highest BCUT2D eigenvalue weighted by Gasteiger charge is 2.25. The number of thioether (sulfide) groups is 1. The number of hydrogen-bond donors (Lipinski definition) is 1. The molecule has 2 aromatic rings. The molecule has 108 valence electrons. The van der Waals surface area contributed by atoms with Crippen molar-refractivity contribution in [2.45, 2.75) is 24.7 Å². The first-order chi connectivity index (χ1) is 10.3. The summed E-state index contributed by atoms with van der Waals surface area (Å²) in [6.07, 6.45) is 7.16. The molecule has 0 radical (unpaired) electrons. The monoisotopic (exact) mass is 299 g/mol. The number of fused-ring (bicyclic) bond motifs is 1. The average molecular weight is 299 g/mol. The summed E-state index contributed by atoms with van der Waals surface area (Å²) in [5, 5.41) is 0.978. The maximum absolute atomic E-state index is 12.2. The minimum absolute atomic E-state index is 0.0863. The number of aromatic amines is 1. The molecule has 2 heterocycles. The predicted molar refractivity (Wildman–Crippen MR) is 85.6 cm³/mol. The lowest BCUT2D eigenvalue weighted by molar-refractivity contribution is 0.103. The summed E-state index contributed by atoms with van der Waals surface area (Å²) in [4.78, 5) is 22.5. The van der Waals surface area contributed by atoms with Gasteiger partial charge in [-0.2, -0.15) is 0 Å². The van der Waals surface area contributed by atoms with Crippen LogP contribution in [-0.2, 0) is 0 Å². The van der Waals surface area contributed by atoms with Gasteiger partial charge in [-0.3, -0.25) is 4.79 Å². The molecule has 0 aliphatic carbocycles. The van der Waals surface area contributed by atoms with Crippen LogP contribution in [0, 0.1) is 0 Å². The van der Waals surface area contributed by atoms with Crippen molar-refractivity contribution in [3.8, 4) is 0 Å². The third-order valence-corrected chi connectivity index (χ3v) is 4.47. The van der Waals surface area contributed by atoms with Gasteiger partial charge in [0.05, 0.1) is 10.7 Å². The van der Waals surface area contributed by atoms with Crippen LogP contribution in [0.3, 0.4) is 0 Å². The van der Waals surface area contributed by atoms with Gasteiger partial charge in [-0.25, -0.2) is 4.98 Å². The number of unbranched alkanes of at least 4 members (excludes halogenated alkanes) is 1. The normalized spacial score (nSPS) is 15.5. The van der Waals surface area contributed by atoms with Crippen LogP contribution in [0.15, 0.2) is 52.7 Å². The van der Waals surface area contributed by atoms with Crippen LogP contribution in [-0.4, -0.2) is 22.3 Å². The van der Waals surface area contributed by atoms with Crippen LogP contribution < -0.4 is 4.90 Å². The maximum Gasteiger partial charge on any atom is 0.223 e. The number of allylic oxidation sites excluding steroid dienone is 1. The first-order valence-corrected chi connectivity index (χ1v) is 7.91. The third-order valence-electron chi connectivity index (χ3n) is 3.36. The van der Waals surface area contributed by atoms with E-state index < -0.39 is 0 Å². The molecular weight excluding hydrogens is 282 g/mol. The van der Waals surface area contributed by atoms with Crippen LogP contribution in [0.1, 0.15) is 30.4 Å². The summed E-state index contributed by atoms with van der Waals surface area (Å²) in [6, 6.07) is 8.27. The smallest absolute Gasteiger partial charge is 0.223 e. The van der Waals surface area contributed by atoms with Crippen molar-refractivity contribution in [1.29, 1.82) is 0 Å². The van der Waals surface area contributed by atoms with E-state index in [1.807, 2.05) is 12.1 Å². The van der Waals surface area contributed by atoms with E-state index in [4.69, 9.17) is 0 Å². The average Bonchev–Trinajstić information content (AvgIpc) is 3.13. The second-order valence-electron chi connectivity index (χ2n) is 4.86. The molecule has 21 heavy (non-hydrogen) atoms. The maximum atomic E-state index is 12.2. The molecular formula is C16H17N3OS. The number of nitrogens with one attached hydrogen (secondary N) is 1. The van der Waals surface area contributed by atoms with E-state index in [0.29, 0.717) is 5.82 Å². The van der Waals surface area contributed by atoms with Gasteiger partial charge in [-0.1, -0.05) is 37.2 Å². The predicted octanol–water partition coefficient (Wildman–Crippen LogP) is 3.85. The molecule has 0 atom stereocenters. The number of carbonyl (C=O) groups excluding carboxylic acids is 1. The summed E-state index contributed by atoms with van der Waals surface area (Å²) < 4.78 is 0. The van der Waals surface area contributed by atoms with E-state index >= 15 is 0 Å². The molecule has 3 rings (SSSR count). The Bertz CT molecular complexity index is 664. The number of para-hydroxylation sites is 1. The molecule has 1 aliphatic heterocycles. The second-order valence-corrected chi connectivity index (χ2v) is 5.92. The molecule has 0 unspecified atom stereocenters.